The van der Waals surface area contributed by atoms with Gasteiger partial charge in [-0.15, -0.1) is 0 Å². The van der Waals surface area contributed by atoms with Crippen LogP contribution >= 0.6 is 15.9 Å². The highest BCUT2D eigenvalue weighted by Gasteiger charge is 2.31. The van der Waals surface area contributed by atoms with Gasteiger partial charge in [-0.2, -0.15) is 0 Å². The highest BCUT2D eigenvalue weighted by atomic mass is 79.9. The molecule has 3 rings (SSSR count). The number of methoxy groups -OCH3 is 1. The van der Waals surface area contributed by atoms with Crippen LogP contribution in [0.4, 0.5) is 0 Å². The fourth-order valence-corrected chi connectivity index (χ4v) is 3.99. The molecule has 0 heterocycles. The van der Waals surface area contributed by atoms with Gasteiger partial charge in [-0.1, -0.05) is 65.3 Å². The maximum absolute atomic E-state index is 13.6. The zero-order valence-electron chi connectivity index (χ0n) is 20.9. The summed E-state index contributed by atoms with van der Waals surface area (Å²) in [5.74, 6) is 0.806. The number of nitrogens with one attached hydrogen (secondary N) is 1. The molecule has 3 aromatic rings. The number of amides is 2. The highest BCUT2D eigenvalue weighted by molar-refractivity contribution is 9.10. The Morgan fingerprint density at radius 2 is 1.64 bits per heavy atom. The van der Waals surface area contributed by atoms with E-state index in [4.69, 9.17) is 9.47 Å². The van der Waals surface area contributed by atoms with Gasteiger partial charge in [-0.3, -0.25) is 9.59 Å². The molecule has 0 spiro atoms. The van der Waals surface area contributed by atoms with E-state index in [1.165, 1.54) is 0 Å². The third kappa shape index (κ3) is 8.12. The van der Waals surface area contributed by atoms with Crippen molar-refractivity contribution in [1.82, 2.24) is 10.2 Å². The summed E-state index contributed by atoms with van der Waals surface area (Å²) in [6, 6.07) is 23.8. The molecular weight excluding hydrogens is 520 g/mol. The van der Waals surface area contributed by atoms with Gasteiger partial charge < -0.3 is 19.7 Å². The predicted molar refractivity (Wildman–Crippen MR) is 145 cm³/mol. The molecule has 3 aromatic carbocycles. The van der Waals surface area contributed by atoms with Crippen LogP contribution in [-0.2, 0) is 22.6 Å². The molecule has 0 radical (unpaired) electrons. The standard InChI is InChI=1S/C29H33BrN2O4/c1-4-21(2)31-29(34)27(18-22-9-6-5-7-10-22)32(19-23-11-8-12-26(17-23)35-3)28(33)20-36-25-15-13-24(30)14-16-25/h5-17,21,27H,4,18-20H2,1-3H3,(H,31,34)/t21-,27-/m1/s1. The average Bonchev–Trinajstić information content (AvgIpc) is 2.90. The minimum absolute atomic E-state index is 0.0106. The first-order valence-electron chi connectivity index (χ1n) is 12.0. The van der Waals surface area contributed by atoms with Gasteiger partial charge in [-0.05, 0) is 60.9 Å². The van der Waals surface area contributed by atoms with Crippen LogP contribution in [0.15, 0.2) is 83.3 Å². The Hall–Kier alpha value is -3.32. The Kier molecular flexibility index (Phi) is 10.4. The van der Waals surface area contributed by atoms with Crippen LogP contribution in [0.25, 0.3) is 0 Å². The predicted octanol–water partition coefficient (Wildman–Crippen LogP) is 5.39. The zero-order valence-corrected chi connectivity index (χ0v) is 22.5. The van der Waals surface area contributed by atoms with Crippen LogP contribution in [0.1, 0.15) is 31.4 Å². The quantitative estimate of drug-likeness (QED) is 0.327. The number of ether oxygens (including phenoxy) is 2. The number of hydrogen-bond donors (Lipinski definition) is 1. The molecule has 0 aliphatic carbocycles. The number of rotatable bonds is 12. The van der Waals surface area contributed by atoms with E-state index in [-0.39, 0.29) is 31.0 Å². The van der Waals surface area contributed by atoms with E-state index in [9.17, 15) is 9.59 Å². The topological polar surface area (TPSA) is 67.9 Å². The summed E-state index contributed by atoms with van der Waals surface area (Å²) >= 11 is 3.40. The molecule has 0 aromatic heterocycles. The zero-order chi connectivity index (χ0) is 25.9. The van der Waals surface area contributed by atoms with E-state index >= 15 is 0 Å². The number of carbonyl (C=O) groups is 2. The van der Waals surface area contributed by atoms with Gasteiger partial charge in [0.15, 0.2) is 6.61 Å². The Morgan fingerprint density at radius 3 is 2.31 bits per heavy atom. The Labute approximate surface area is 221 Å². The normalized spacial score (nSPS) is 12.3. The van der Waals surface area contributed by atoms with Crippen molar-refractivity contribution in [1.29, 1.82) is 0 Å². The summed E-state index contributed by atoms with van der Waals surface area (Å²) in [5.41, 5.74) is 1.83. The minimum atomic E-state index is -0.714. The summed E-state index contributed by atoms with van der Waals surface area (Å²) in [6.07, 6.45) is 1.18. The van der Waals surface area contributed by atoms with Gasteiger partial charge in [0.25, 0.3) is 5.91 Å². The molecule has 190 valence electrons. The lowest BCUT2D eigenvalue weighted by atomic mass is 10.0. The molecule has 0 aliphatic heterocycles. The number of hydrogen-bond acceptors (Lipinski definition) is 4. The summed E-state index contributed by atoms with van der Waals surface area (Å²) in [6.45, 7) is 4.03. The van der Waals surface area contributed by atoms with E-state index < -0.39 is 6.04 Å². The van der Waals surface area contributed by atoms with Crippen molar-refractivity contribution in [3.63, 3.8) is 0 Å². The van der Waals surface area contributed by atoms with Crippen molar-refractivity contribution in [2.24, 2.45) is 0 Å². The maximum atomic E-state index is 13.6. The lowest BCUT2D eigenvalue weighted by molar-refractivity contribution is -0.143. The van der Waals surface area contributed by atoms with Gasteiger partial charge in [0.1, 0.15) is 17.5 Å². The fraction of sp³-hybridized carbons (Fsp3) is 0.310. The second kappa shape index (κ2) is 13.7. The molecule has 0 aliphatic rings. The maximum Gasteiger partial charge on any atom is 0.261 e. The summed E-state index contributed by atoms with van der Waals surface area (Å²) < 4.78 is 12.1. The van der Waals surface area contributed by atoms with Gasteiger partial charge >= 0.3 is 0 Å². The summed E-state index contributed by atoms with van der Waals surface area (Å²) in [4.78, 5) is 28.7. The lowest BCUT2D eigenvalue weighted by Gasteiger charge is -2.32. The second-order valence-corrected chi connectivity index (χ2v) is 9.55. The number of benzene rings is 3. The molecule has 2 atom stereocenters. The first-order valence-corrected chi connectivity index (χ1v) is 12.8. The first-order chi connectivity index (χ1) is 17.4. The van der Waals surface area contributed by atoms with Crippen molar-refractivity contribution in [2.75, 3.05) is 13.7 Å². The molecule has 0 bridgehead atoms. The summed E-state index contributed by atoms with van der Waals surface area (Å²) in [7, 11) is 1.60. The Balaban J connectivity index is 1.92. The lowest BCUT2D eigenvalue weighted by Crippen LogP contribution is -2.53. The van der Waals surface area contributed by atoms with E-state index in [1.54, 1.807) is 24.1 Å². The van der Waals surface area contributed by atoms with Crippen molar-refractivity contribution < 1.29 is 19.1 Å². The molecule has 2 amide bonds. The molecule has 1 N–H and O–H groups in total. The number of carbonyl (C=O) groups excluding carboxylic acids is 2. The van der Waals surface area contributed by atoms with E-state index in [1.807, 2.05) is 80.6 Å². The van der Waals surface area contributed by atoms with E-state index in [0.29, 0.717) is 17.9 Å². The monoisotopic (exact) mass is 552 g/mol. The fourth-order valence-electron chi connectivity index (χ4n) is 3.72. The van der Waals surface area contributed by atoms with Crippen molar-refractivity contribution in [2.45, 2.75) is 45.3 Å². The minimum Gasteiger partial charge on any atom is -0.497 e. The van der Waals surface area contributed by atoms with Crippen molar-refractivity contribution in [3.8, 4) is 11.5 Å². The third-order valence-corrected chi connectivity index (χ3v) is 6.46. The van der Waals surface area contributed by atoms with Crippen molar-refractivity contribution in [3.05, 3.63) is 94.5 Å². The SMILES string of the molecule is CC[C@@H](C)NC(=O)[C@@H](Cc1ccccc1)N(Cc1cccc(OC)c1)C(=O)COc1ccc(Br)cc1. The smallest absolute Gasteiger partial charge is 0.261 e. The van der Waals surface area contributed by atoms with Gasteiger partial charge in [0, 0.05) is 23.5 Å². The van der Waals surface area contributed by atoms with Crippen LogP contribution in [0.5, 0.6) is 11.5 Å². The number of halogens is 1. The molecule has 6 nitrogen and oxygen atoms in total. The molecular formula is C29H33BrN2O4. The van der Waals surface area contributed by atoms with Crippen LogP contribution in [-0.4, -0.2) is 42.5 Å². The van der Waals surface area contributed by atoms with Gasteiger partial charge in [-0.25, -0.2) is 0 Å². The average molecular weight is 553 g/mol. The molecule has 0 saturated heterocycles. The number of nitrogens with zero attached hydrogens (tertiary/aromatic N) is 1. The van der Waals surface area contributed by atoms with Gasteiger partial charge in [0.2, 0.25) is 5.91 Å². The Morgan fingerprint density at radius 1 is 0.944 bits per heavy atom. The molecule has 0 saturated carbocycles. The first kappa shape index (κ1) is 27.3. The molecule has 0 fully saturated rings. The van der Waals surface area contributed by atoms with Crippen LogP contribution < -0.4 is 14.8 Å². The van der Waals surface area contributed by atoms with Crippen LogP contribution in [0, 0.1) is 0 Å². The van der Waals surface area contributed by atoms with E-state index in [2.05, 4.69) is 21.2 Å². The second-order valence-electron chi connectivity index (χ2n) is 8.64. The third-order valence-electron chi connectivity index (χ3n) is 5.94. The summed E-state index contributed by atoms with van der Waals surface area (Å²) in [5, 5.41) is 3.07. The molecule has 7 heteroatoms. The van der Waals surface area contributed by atoms with Crippen LogP contribution in [0.3, 0.4) is 0 Å². The largest absolute Gasteiger partial charge is 0.497 e. The molecule has 36 heavy (non-hydrogen) atoms. The van der Waals surface area contributed by atoms with Crippen LogP contribution in [0.2, 0.25) is 0 Å². The van der Waals surface area contributed by atoms with E-state index in [0.717, 1.165) is 22.0 Å². The molecule has 0 unspecified atom stereocenters. The highest BCUT2D eigenvalue weighted by Crippen LogP contribution is 2.20. The van der Waals surface area contributed by atoms with Crippen molar-refractivity contribution >= 4 is 27.7 Å². The Bertz CT molecular complexity index is 1120. The van der Waals surface area contributed by atoms with Gasteiger partial charge in [0.05, 0.1) is 7.11 Å².